The van der Waals surface area contributed by atoms with Crippen LogP contribution < -0.4 is 14.8 Å². The maximum Gasteiger partial charge on any atom is 0.265 e. The number of rotatable bonds is 6. The molecule has 0 heterocycles. The van der Waals surface area contributed by atoms with Gasteiger partial charge in [0.05, 0.1) is 7.11 Å². The SMILES string of the molecule is CC[C@@H](Oc1ccc(OC)cc1)C(=O)Nc1ccc2c3c(cccc13)CC2. The minimum absolute atomic E-state index is 0.132. The van der Waals surface area contributed by atoms with E-state index in [-0.39, 0.29) is 5.91 Å². The monoisotopic (exact) mass is 361 g/mol. The van der Waals surface area contributed by atoms with Gasteiger partial charge in [-0.1, -0.05) is 31.2 Å². The van der Waals surface area contributed by atoms with Crippen molar-refractivity contribution in [3.05, 3.63) is 65.7 Å². The second-order valence-electron chi connectivity index (χ2n) is 6.79. The number of ether oxygens (including phenoxy) is 2. The maximum atomic E-state index is 12.8. The Bertz CT molecular complexity index is 969. The Morgan fingerprint density at radius 3 is 2.41 bits per heavy atom. The van der Waals surface area contributed by atoms with Crippen molar-refractivity contribution in [2.45, 2.75) is 32.3 Å². The molecule has 0 aliphatic heterocycles. The first kappa shape index (κ1) is 17.4. The van der Waals surface area contributed by atoms with Gasteiger partial charge in [0.15, 0.2) is 6.10 Å². The van der Waals surface area contributed by atoms with E-state index < -0.39 is 6.10 Å². The number of aryl methyl sites for hydroxylation is 2. The zero-order chi connectivity index (χ0) is 18.8. The van der Waals surface area contributed by atoms with E-state index >= 15 is 0 Å². The van der Waals surface area contributed by atoms with Crippen molar-refractivity contribution in [1.82, 2.24) is 0 Å². The number of methoxy groups -OCH3 is 1. The first-order valence-electron chi connectivity index (χ1n) is 9.34. The van der Waals surface area contributed by atoms with Crippen LogP contribution >= 0.6 is 0 Å². The van der Waals surface area contributed by atoms with E-state index in [1.54, 1.807) is 7.11 Å². The van der Waals surface area contributed by atoms with E-state index in [9.17, 15) is 4.79 Å². The third-order valence-corrected chi connectivity index (χ3v) is 5.14. The highest BCUT2D eigenvalue weighted by atomic mass is 16.5. The summed E-state index contributed by atoms with van der Waals surface area (Å²) >= 11 is 0. The van der Waals surface area contributed by atoms with Crippen LogP contribution in [-0.2, 0) is 17.6 Å². The highest BCUT2D eigenvalue weighted by Gasteiger charge is 2.21. The highest BCUT2D eigenvalue weighted by Crippen LogP contribution is 2.35. The minimum atomic E-state index is -0.554. The number of carbonyl (C=O) groups excluding carboxylic acids is 1. The molecule has 1 aliphatic carbocycles. The zero-order valence-corrected chi connectivity index (χ0v) is 15.6. The fraction of sp³-hybridized carbons (Fsp3) is 0.261. The molecule has 0 spiro atoms. The van der Waals surface area contributed by atoms with Gasteiger partial charge in [0.25, 0.3) is 5.91 Å². The number of benzene rings is 3. The molecule has 138 valence electrons. The van der Waals surface area contributed by atoms with Gasteiger partial charge in [0.2, 0.25) is 0 Å². The number of amides is 1. The van der Waals surface area contributed by atoms with Crippen LogP contribution in [0.4, 0.5) is 5.69 Å². The average Bonchev–Trinajstić information content (AvgIpc) is 3.13. The molecule has 1 amide bonds. The number of hydrogen-bond donors (Lipinski definition) is 1. The van der Waals surface area contributed by atoms with Gasteiger partial charge in [0.1, 0.15) is 11.5 Å². The normalized spacial score (nSPS) is 13.4. The summed E-state index contributed by atoms with van der Waals surface area (Å²) in [5.41, 5.74) is 3.57. The molecule has 0 aromatic heterocycles. The van der Waals surface area contributed by atoms with Gasteiger partial charge in [-0.05, 0) is 66.1 Å². The van der Waals surface area contributed by atoms with E-state index in [1.807, 2.05) is 37.3 Å². The van der Waals surface area contributed by atoms with Crippen LogP contribution in [0, 0.1) is 0 Å². The van der Waals surface area contributed by atoms with Crippen LogP contribution in [-0.4, -0.2) is 19.1 Å². The van der Waals surface area contributed by atoms with Crippen molar-refractivity contribution < 1.29 is 14.3 Å². The van der Waals surface area contributed by atoms with Gasteiger partial charge in [0, 0.05) is 11.1 Å². The summed E-state index contributed by atoms with van der Waals surface area (Å²) < 4.78 is 11.1. The van der Waals surface area contributed by atoms with Gasteiger partial charge in [-0.15, -0.1) is 0 Å². The smallest absolute Gasteiger partial charge is 0.265 e. The molecule has 0 saturated carbocycles. The molecule has 4 heteroatoms. The lowest BCUT2D eigenvalue weighted by Crippen LogP contribution is -2.32. The Kier molecular flexibility index (Phi) is 4.71. The van der Waals surface area contributed by atoms with Crippen molar-refractivity contribution >= 4 is 22.4 Å². The summed E-state index contributed by atoms with van der Waals surface area (Å²) in [4.78, 5) is 12.8. The van der Waals surface area contributed by atoms with Crippen molar-refractivity contribution in [2.75, 3.05) is 12.4 Å². The minimum Gasteiger partial charge on any atom is -0.497 e. The topological polar surface area (TPSA) is 47.6 Å². The standard InChI is InChI=1S/C23H23NO3/c1-3-21(27-18-12-10-17(26-2)11-13-18)23(25)24-20-14-9-16-8-7-15-5-4-6-19(20)22(15)16/h4-6,9-14,21H,3,7-8H2,1-2H3,(H,24,25)/t21-/m1/s1. The predicted molar refractivity (Wildman–Crippen MR) is 108 cm³/mol. The second-order valence-corrected chi connectivity index (χ2v) is 6.79. The van der Waals surface area contributed by atoms with Crippen molar-refractivity contribution in [2.24, 2.45) is 0 Å². The fourth-order valence-corrected chi connectivity index (χ4v) is 3.71. The molecular weight excluding hydrogens is 338 g/mol. The lowest BCUT2D eigenvalue weighted by Gasteiger charge is -2.18. The molecule has 27 heavy (non-hydrogen) atoms. The summed E-state index contributed by atoms with van der Waals surface area (Å²) in [6.45, 7) is 1.95. The van der Waals surface area contributed by atoms with Gasteiger partial charge in [-0.3, -0.25) is 4.79 Å². The van der Waals surface area contributed by atoms with Gasteiger partial charge in [-0.25, -0.2) is 0 Å². The Morgan fingerprint density at radius 2 is 1.70 bits per heavy atom. The first-order chi connectivity index (χ1) is 13.2. The lowest BCUT2D eigenvalue weighted by atomic mass is 10.0. The molecule has 0 fully saturated rings. The first-order valence-corrected chi connectivity index (χ1v) is 9.34. The van der Waals surface area contributed by atoms with E-state index in [0.29, 0.717) is 12.2 Å². The van der Waals surface area contributed by atoms with Crippen LogP contribution in [0.3, 0.4) is 0 Å². The predicted octanol–water partition coefficient (Wildman–Crippen LogP) is 4.74. The Balaban J connectivity index is 1.55. The Hall–Kier alpha value is -3.01. The number of carbonyl (C=O) groups is 1. The third-order valence-electron chi connectivity index (χ3n) is 5.14. The van der Waals surface area contributed by atoms with Crippen LogP contribution in [0.5, 0.6) is 11.5 Å². The molecule has 1 aliphatic rings. The number of hydrogen-bond acceptors (Lipinski definition) is 3. The molecule has 0 radical (unpaired) electrons. The van der Waals surface area contributed by atoms with Crippen molar-refractivity contribution in [3.63, 3.8) is 0 Å². The molecule has 1 atom stereocenters. The molecule has 0 bridgehead atoms. The van der Waals surface area contributed by atoms with E-state index in [2.05, 4.69) is 29.6 Å². The fourth-order valence-electron chi connectivity index (χ4n) is 3.71. The summed E-state index contributed by atoms with van der Waals surface area (Å²) in [5.74, 6) is 1.28. The van der Waals surface area contributed by atoms with Gasteiger partial charge in [-0.2, -0.15) is 0 Å². The quantitative estimate of drug-likeness (QED) is 0.690. The zero-order valence-electron chi connectivity index (χ0n) is 15.6. The average molecular weight is 361 g/mol. The molecule has 3 aromatic rings. The summed E-state index contributed by atoms with van der Waals surface area (Å²) in [6.07, 6.45) is 2.17. The van der Waals surface area contributed by atoms with Crippen molar-refractivity contribution in [3.8, 4) is 11.5 Å². The lowest BCUT2D eigenvalue weighted by molar-refractivity contribution is -0.122. The van der Waals surface area contributed by atoms with E-state index in [1.165, 1.54) is 16.5 Å². The molecule has 4 rings (SSSR count). The number of anilines is 1. The van der Waals surface area contributed by atoms with Crippen LogP contribution in [0.1, 0.15) is 24.5 Å². The summed E-state index contributed by atoms with van der Waals surface area (Å²) in [5, 5.41) is 5.47. The van der Waals surface area contributed by atoms with Crippen molar-refractivity contribution in [1.29, 1.82) is 0 Å². The summed E-state index contributed by atoms with van der Waals surface area (Å²) in [6, 6.07) is 17.7. The van der Waals surface area contributed by atoms with E-state index in [4.69, 9.17) is 9.47 Å². The molecule has 1 N–H and O–H groups in total. The highest BCUT2D eigenvalue weighted by molar-refractivity contribution is 6.06. The molecule has 4 nitrogen and oxygen atoms in total. The number of nitrogens with one attached hydrogen (secondary N) is 1. The summed E-state index contributed by atoms with van der Waals surface area (Å²) in [7, 11) is 1.62. The molecule has 0 unspecified atom stereocenters. The van der Waals surface area contributed by atoms with Gasteiger partial charge >= 0.3 is 0 Å². The van der Waals surface area contributed by atoms with Crippen LogP contribution in [0.2, 0.25) is 0 Å². The molecule has 0 saturated heterocycles. The second kappa shape index (κ2) is 7.31. The Morgan fingerprint density at radius 1 is 1.00 bits per heavy atom. The molecule has 3 aromatic carbocycles. The largest absolute Gasteiger partial charge is 0.497 e. The maximum absolute atomic E-state index is 12.8. The van der Waals surface area contributed by atoms with Crippen LogP contribution in [0.15, 0.2) is 54.6 Å². The molecular formula is C23H23NO3. The van der Waals surface area contributed by atoms with Crippen LogP contribution in [0.25, 0.3) is 10.8 Å². The van der Waals surface area contributed by atoms with E-state index in [0.717, 1.165) is 29.7 Å². The van der Waals surface area contributed by atoms with Gasteiger partial charge < -0.3 is 14.8 Å². The third kappa shape index (κ3) is 3.35. The Labute approximate surface area is 159 Å².